The Balaban J connectivity index is 1.66. The highest BCUT2D eigenvalue weighted by molar-refractivity contribution is 5.99. The lowest BCUT2D eigenvalue weighted by Crippen LogP contribution is -2.22. The Labute approximate surface area is 143 Å². The molecule has 0 saturated carbocycles. The molecule has 25 heavy (non-hydrogen) atoms. The summed E-state index contributed by atoms with van der Waals surface area (Å²) in [5, 5.41) is 3.06. The minimum Gasteiger partial charge on any atom is -0.469 e. The molecule has 2 aromatic heterocycles. The van der Waals surface area contributed by atoms with Gasteiger partial charge in [-0.1, -0.05) is 0 Å². The molecule has 4 rings (SSSR count). The van der Waals surface area contributed by atoms with Crippen molar-refractivity contribution in [1.82, 2.24) is 9.97 Å². The van der Waals surface area contributed by atoms with Gasteiger partial charge in [-0.2, -0.15) is 0 Å². The van der Waals surface area contributed by atoms with Gasteiger partial charge in [0, 0.05) is 24.4 Å². The molecule has 2 heterocycles. The maximum atomic E-state index is 13.0. The van der Waals surface area contributed by atoms with Crippen LogP contribution in [0.1, 0.15) is 39.8 Å². The maximum absolute atomic E-state index is 13.0. The Kier molecular flexibility index (Phi) is 3.80. The van der Waals surface area contributed by atoms with E-state index in [0.717, 1.165) is 11.5 Å². The zero-order valence-electron chi connectivity index (χ0n) is 13.6. The summed E-state index contributed by atoms with van der Waals surface area (Å²) in [4.78, 5) is 21.4. The number of aromatic nitrogens is 2. The molecule has 0 spiro atoms. The van der Waals surface area contributed by atoms with E-state index in [1.165, 1.54) is 12.1 Å². The fourth-order valence-electron chi connectivity index (χ4n) is 3.22. The molecule has 1 aliphatic rings. The molecule has 1 aromatic carbocycles. The van der Waals surface area contributed by atoms with Gasteiger partial charge in [0.25, 0.3) is 0 Å². The first-order valence-electron chi connectivity index (χ1n) is 8.07. The molecule has 0 bridgehead atoms. The van der Waals surface area contributed by atoms with Crippen molar-refractivity contribution >= 4 is 17.4 Å². The van der Waals surface area contributed by atoms with E-state index in [1.807, 2.05) is 19.1 Å². The second-order valence-corrected chi connectivity index (χ2v) is 6.13. The molecule has 1 N–H and O–H groups in total. The van der Waals surface area contributed by atoms with Gasteiger partial charge in [-0.3, -0.25) is 4.79 Å². The first-order valence-corrected chi connectivity index (χ1v) is 8.07. The highest BCUT2D eigenvalue weighted by Crippen LogP contribution is 2.33. The van der Waals surface area contributed by atoms with Crippen LogP contribution in [0.4, 0.5) is 16.0 Å². The van der Waals surface area contributed by atoms with Gasteiger partial charge in [-0.25, -0.2) is 14.4 Å². The van der Waals surface area contributed by atoms with E-state index in [0.29, 0.717) is 35.7 Å². The van der Waals surface area contributed by atoms with Crippen molar-refractivity contribution in [3.63, 3.8) is 0 Å². The number of nitrogens with one attached hydrogen (secondary N) is 1. The first kappa shape index (κ1) is 15.5. The van der Waals surface area contributed by atoms with Crippen LogP contribution in [0.25, 0.3) is 0 Å². The number of ketones is 1. The van der Waals surface area contributed by atoms with E-state index in [4.69, 9.17) is 4.42 Å². The molecule has 0 aliphatic heterocycles. The number of furan rings is 1. The third-order valence-corrected chi connectivity index (χ3v) is 4.36. The number of hydrogen-bond donors (Lipinski definition) is 1. The predicted octanol–water partition coefficient (Wildman–Crippen LogP) is 4.17. The molecule has 1 atom stereocenters. The summed E-state index contributed by atoms with van der Waals surface area (Å²) in [6, 6.07) is 9.67. The van der Waals surface area contributed by atoms with Crippen LogP contribution >= 0.6 is 0 Å². The van der Waals surface area contributed by atoms with Gasteiger partial charge < -0.3 is 9.73 Å². The highest BCUT2D eigenvalue weighted by Gasteiger charge is 2.31. The number of anilines is 2. The summed E-state index contributed by atoms with van der Waals surface area (Å²) in [7, 11) is 0. The van der Waals surface area contributed by atoms with Crippen molar-refractivity contribution in [3.8, 4) is 0 Å². The van der Waals surface area contributed by atoms with Crippen molar-refractivity contribution in [2.45, 2.75) is 25.7 Å². The average Bonchev–Trinajstić information content (AvgIpc) is 3.11. The summed E-state index contributed by atoms with van der Waals surface area (Å²) in [6.07, 6.45) is 2.63. The van der Waals surface area contributed by atoms with E-state index in [-0.39, 0.29) is 17.5 Å². The number of fused-ring (bicyclic) bond motifs is 1. The first-order chi connectivity index (χ1) is 12.1. The lowest BCUT2D eigenvalue weighted by molar-refractivity contribution is 0.0958. The Morgan fingerprint density at radius 2 is 1.96 bits per heavy atom. The standard InChI is InChI=1S/C19H16FN3O2/c1-11-18-15(9-12(10-16(18)24)17-3-2-8-25-17)23-19(21-11)22-14-6-4-13(20)5-7-14/h2-8,12H,9-10H2,1H3,(H,21,22,23). The molecule has 0 radical (unpaired) electrons. The second-order valence-electron chi connectivity index (χ2n) is 6.13. The number of aryl methyl sites for hydroxylation is 1. The minimum absolute atomic E-state index is 0.0111. The third kappa shape index (κ3) is 3.03. The highest BCUT2D eigenvalue weighted by atomic mass is 19.1. The van der Waals surface area contributed by atoms with E-state index in [2.05, 4.69) is 15.3 Å². The van der Waals surface area contributed by atoms with Crippen LogP contribution in [0.15, 0.2) is 47.1 Å². The summed E-state index contributed by atoms with van der Waals surface area (Å²) in [6.45, 7) is 1.81. The smallest absolute Gasteiger partial charge is 0.227 e. The molecular formula is C19H16FN3O2. The maximum Gasteiger partial charge on any atom is 0.227 e. The van der Waals surface area contributed by atoms with Crippen molar-refractivity contribution in [2.24, 2.45) is 0 Å². The van der Waals surface area contributed by atoms with Crippen molar-refractivity contribution < 1.29 is 13.6 Å². The molecule has 126 valence electrons. The molecular weight excluding hydrogens is 321 g/mol. The summed E-state index contributed by atoms with van der Waals surface area (Å²) in [5.41, 5.74) is 2.66. The molecule has 6 heteroatoms. The molecule has 5 nitrogen and oxygen atoms in total. The number of carbonyl (C=O) groups is 1. The number of benzene rings is 1. The molecule has 1 aliphatic carbocycles. The van der Waals surface area contributed by atoms with Crippen molar-refractivity contribution in [3.05, 3.63) is 71.2 Å². The van der Waals surface area contributed by atoms with Crippen LogP contribution in [-0.4, -0.2) is 15.8 Å². The lowest BCUT2D eigenvalue weighted by atomic mass is 9.84. The monoisotopic (exact) mass is 337 g/mol. The SMILES string of the molecule is Cc1nc(Nc2ccc(F)cc2)nc2c1C(=O)CC(c1ccco1)C2. The summed E-state index contributed by atoms with van der Waals surface area (Å²) < 4.78 is 18.5. The Bertz CT molecular complexity index is 921. The Morgan fingerprint density at radius 3 is 2.68 bits per heavy atom. The van der Waals surface area contributed by atoms with Gasteiger partial charge in [0.2, 0.25) is 5.95 Å². The molecule has 0 saturated heterocycles. The predicted molar refractivity (Wildman–Crippen MR) is 90.6 cm³/mol. The largest absolute Gasteiger partial charge is 0.469 e. The van der Waals surface area contributed by atoms with Crippen LogP contribution in [0.5, 0.6) is 0 Å². The number of rotatable bonds is 3. The normalized spacial score (nSPS) is 16.6. The van der Waals surface area contributed by atoms with Gasteiger partial charge in [0.1, 0.15) is 11.6 Å². The number of halogens is 1. The van der Waals surface area contributed by atoms with Crippen molar-refractivity contribution in [1.29, 1.82) is 0 Å². The number of carbonyl (C=O) groups excluding carboxylic acids is 1. The fourth-order valence-corrected chi connectivity index (χ4v) is 3.22. The van der Waals surface area contributed by atoms with Gasteiger partial charge in [-0.05, 0) is 43.3 Å². The van der Waals surface area contributed by atoms with Gasteiger partial charge in [0.15, 0.2) is 5.78 Å². The van der Waals surface area contributed by atoms with Crippen molar-refractivity contribution in [2.75, 3.05) is 5.32 Å². The van der Waals surface area contributed by atoms with E-state index < -0.39 is 0 Å². The minimum atomic E-state index is -0.306. The summed E-state index contributed by atoms with van der Waals surface area (Å²) >= 11 is 0. The quantitative estimate of drug-likeness (QED) is 0.777. The molecule has 3 aromatic rings. The fraction of sp³-hybridized carbons (Fsp3) is 0.211. The summed E-state index contributed by atoms with van der Waals surface area (Å²) in [5.74, 6) is 0.912. The number of Topliss-reactive ketones (excluding diaryl/α,β-unsaturated/α-hetero) is 1. The van der Waals surface area contributed by atoms with Crippen LogP contribution in [0, 0.1) is 12.7 Å². The Morgan fingerprint density at radius 1 is 1.16 bits per heavy atom. The number of nitrogens with zero attached hydrogens (tertiary/aromatic N) is 2. The van der Waals surface area contributed by atoms with Crippen LogP contribution in [0.2, 0.25) is 0 Å². The zero-order chi connectivity index (χ0) is 17.4. The topological polar surface area (TPSA) is 68.0 Å². The van der Waals surface area contributed by atoms with E-state index >= 15 is 0 Å². The second kappa shape index (κ2) is 6.12. The third-order valence-electron chi connectivity index (χ3n) is 4.36. The van der Waals surface area contributed by atoms with Crippen LogP contribution in [-0.2, 0) is 6.42 Å². The van der Waals surface area contributed by atoms with Gasteiger partial charge >= 0.3 is 0 Å². The van der Waals surface area contributed by atoms with Crippen LogP contribution < -0.4 is 5.32 Å². The van der Waals surface area contributed by atoms with E-state index in [9.17, 15) is 9.18 Å². The zero-order valence-corrected chi connectivity index (χ0v) is 13.6. The van der Waals surface area contributed by atoms with Gasteiger partial charge in [0.05, 0.1) is 23.2 Å². The lowest BCUT2D eigenvalue weighted by Gasteiger charge is -2.23. The molecule has 0 fully saturated rings. The van der Waals surface area contributed by atoms with Gasteiger partial charge in [-0.15, -0.1) is 0 Å². The Hall–Kier alpha value is -3.02. The average molecular weight is 337 g/mol. The molecule has 1 unspecified atom stereocenters. The number of hydrogen-bond acceptors (Lipinski definition) is 5. The van der Waals surface area contributed by atoms with E-state index in [1.54, 1.807) is 18.4 Å². The molecule has 0 amide bonds. The van der Waals surface area contributed by atoms with Crippen LogP contribution in [0.3, 0.4) is 0 Å².